The van der Waals surface area contributed by atoms with Gasteiger partial charge in [-0.3, -0.25) is 0 Å². The van der Waals surface area contributed by atoms with Crippen molar-refractivity contribution in [3.63, 3.8) is 0 Å². The predicted octanol–water partition coefficient (Wildman–Crippen LogP) is 5.36. The molecule has 0 aliphatic heterocycles. The van der Waals surface area contributed by atoms with Crippen molar-refractivity contribution < 1.29 is 17.8 Å². The summed E-state index contributed by atoms with van der Waals surface area (Å²) in [5, 5.41) is 0. The topological polar surface area (TPSA) is 58.9 Å². The molecule has 2 N–H and O–H groups in total. The van der Waals surface area contributed by atoms with E-state index in [1.807, 2.05) is 46.6 Å². The van der Waals surface area contributed by atoms with Crippen LogP contribution in [0, 0.1) is 0 Å². The molecule has 0 saturated heterocycles. The van der Waals surface area contributed by atoms with Crippen LogP contribution in [0.5, 0.6) is 0 Å². The van der Waals surface area contributed by atoms with Gasteiger partial charge in [0.15, 0.2) is 16.6 Å². The molecule has 0 spiro atoms. The van der Waals surface area contributed by atoms with Crippen LogP contribution in [0.3, 0.4) is 0 Å². The molecule has 0 fully saturated rings. The van der Waals surface area contributed by atoms with E-state index in [1.165, 1.54) is 0 Å². The summed E-state index contributed by atoms with van der Waals surface area (Å²) in [7, 11) is -7.69. The third kappa shape index (κ3) is 49.8. The highest BCUT2D eigenvalue weighted by atomic mass is 28.5. The Morgan fingerprint density at radius 2 is 0.818 bits per heavy atom. The lowest BCUT2D eigenvalue weighted by atomic mass is 11.0. The van der Waals surface area contributed by atoms with Crippen molar-refractivity contribution >= 4 is 33.8 Å². The average molecular weight is 391 g/mol. The first-order valence-electron chi connectivity index (χ1n) is 7.26. The molecule has 0 saturated carbocycles. The van der Waals surface area contributed by atoms with Crippen molar-refractivity contribution in [2.45, 2.75) is 94.2 Å². The van der Waals surface area contributed by atoms with Crippen LogP contribution >= 0.6 is 0 Å². The molecule has 0 aromatic carbocycles. The Kier molecular flexibility index (Phi) is 20.2. The van der Waals surface area contributed by atoms with Crippen LogP contribution in [0.25, 0.3) is 0 Å². The van der Waals surface area contributed by atoms with Gasteiger partial charge in [-0.2, -0.15) is 0 Å². The lowest BCUT2D eigenvalue weighted by Gasteiger charge is -2.34. The van der Waals surface area contributed by atoms with Gasteiger partial charge in [0.2, 0.25) is 0 Å². The Labute approximate surface area is 146 Å². The Balaban J connectivity index is -0.0000000917. The van der Waals surface area contributed by atoms with E-state index in [0.29, 0.717) is 0 Å². The summed E-state index contributed by atoms with van der Waals surface area (Å²) in [5.74, 6) is 0. The van der Waals surface area contributed by atoms with Gasteiger partial charge in [0, 0.05) is 0 Å². The zero-order valence-corrected chi connectivity index (χ0v) is 19.7. The monoisotopic (exact) mass is 390 g/mol. The smallest absolute Gasteiger partial charge is 0.320 e. The molecule has 8 heteroatoms. The highest BCUT2D eigenvalue weighted by molar-refractivity contribution is 6.85. The minimum atomic E-state index is -2.43. The van der Waals surface area contributed by atoms with Crippen molar-refractivity contribution in [1.82, 2.24) is 0 Å². The molecule has 0 heterocycles. The zero-order chi connectivity index (χ0) is 17.4. The van der Waals surface area contributed by atoms with Crippen molar-refractivity contribution in [3.8, 4) is 0 Å². The van der Waals surface area contributed by atoms with Gasteiger partial charge >= 0.3 is 17.1 Å². The first-order valence-corrected chi connectivity index (χ1v) is 19.8. The molecule has 22 heavy (non-hydrogen) atoms. The molecule has 0 amide bonds. The van der Waals surface area contributed by atoms with Crippen molar-refractivity contribution in [2.75, 3.05) is 0 Å². The van der Waals surface area contributed by atoms with Crippen LogP contribution in [0.4, 0.5) is 0 Å². The predicted molar refractivity (Wildman–Crippen MR) is 113 cm³/mol. The average Bonchev–Trinajstić information content (AvgIpc) is 1.93. The lowest BCUT2D eigenvalue weighted by Crippen LogP contribution is -2.51. The fourth-order valence-corrected chi connectivity index (χ4v) is 12.6. The third-order valence-electron chi connectivity index (χ3n) is 1.05. The maximum absolute atomic E-state index is 9.64. The third-order valence-corrected chi connectivity index (χ3v) is 9.43. The fourth-order valence-electron chi connectivity index (χ4n) is 1.36. The quantitative estimate of drug-likeness (QED) is 0.634. The van der Waals surface area contributed by atoms with Crippen LogP contribution in [0.15, 0.2) is 0 Å². The summed E-state index contributed by atoms with van der Waals surface area (Å²) in [6.07, 6.45) is 0. The first-order chi connectivity index (χ1) is 8.41. The molecule has 0 radical (unpaired) electrons. The summed E-state index contributed by atoms with van der Waals surface area (Å²) in [6.45, 7) is 23.6. The molecule has 0 aliphatic rings. The summed E-state index contributed by atoms with van der Waals surface area (Å²) in [5.41, 5.74) is 0. The Morgan fingerprint density at radius 1 is 0.591 bits per heavy atom. The van der Waals surface area contributed by atoms with Gasteiger partial charge in [0.25, 0.3) is 0 Å². The molecular weight excluding hydrogens is 344 g/mol. The van der Waals surface area contributed by atoms with E-state index >= 15 is 0 Å². The number of hydrogen-bond donors (Lipinski definition) is 2. The van der Waals surface area contributed by atoms with Crippen LogP contribution in [0.1, 0.15) is 28.7 Å². The Bertz CT molecular complexity index is 217. The molecular formula is C14H46O4Si4. The van der Waals surface area contributed by atoms with E-state index in [0.717, 1.165) is 0 Å². The second kappa shape index (κ2) is 13.0. The van der Waals surface area contributed by atoms with Crippen molar-refractivity contribution in [2.24, 2.45) is 0 Å². The van der Waals surface area contributed by atoms with E-state index in [9.17, 15) is 4.80 Å². The standard InChI is InChI=1S/C7H22O3Si3.C3H10OSi.C2H6.2CH4/c1-11(2,3)9-13(6,7)10-12(4,5)8;1-5(2,3)4;1-2;;/h8H,1-7H3;4H,1-3H3;1-2H3;2*1H4. The van der Waals surface area contributed by atoms with E-state index in [4.69, 9.17) is 13.0 Å². The highest BCUT2D eigenvalue weighted by Gasteiger charge is 2.37. The van der Waals surface area contributed by atoms with Gasteiger partial charge in [-0.05, 0) is 65.5 Å². The second-order valence-electron chi connectivity index (χ2n) is 7.33. The summed E-state index contributed by atoms with van der Waals surface area (Å²) < 4.78 is 11.6. The maximum Gasteiger partial charge on any atom is 0.320 e. The maximum atomic E-state index is 9.64. The van der Waals surface area contributed by atoms with Crippen LogP contribution in [0.2, 0.25) is 65.5 Å². The van der Waals surface area contributed by atoms with Gasteiger partial charge in [-0.25, -0.2) is 0 Å². The normalized spacial score (nSPS) is 11.7. The number of hydrogen-bond acceptors (Lipinski definition) is 4. The van der Waals surface area contributed by atoms with E-state index in [-0.39, 0.29) is 14.9 Å². The van der Waals surface area contributed by atoms with E-state index in [1.54, 1.807) is 13.1 Å². The van der Waals surface area contributed by atoms with Gasteiger partial charge in [-0.1, -0.05) is 28.7 Å². The summed E-state index contributed by atoms with van der Waals surface area (Å²) >= 11 is 0. The van der Waals surface area contributed by atoms with E-state index in [2.05, 4.69) is 19.6 Å². The fraction of sp³-hybridized carbons (Fsp3) is 1.00. The van der Waals surface area contributed by atoms with Gasteiger partial charge in [0.1, 0.15) is 0 Å². The SMILES string of the molecule is C.C.CC.C[Si](C)(C)O.C[Si](C)(C)O[Si](C)(C)O[Si](C)(C)O. The molecule has 0 rings (SSSR count). The second-order valence-corrected chi connectivity index (χ2v) is 23.2. The highest BCUT2D eigenvalue weighted by Crippen LogP contribution is 2.18. The van der Waals surface area contributed by atoms with Crippen molar-refractivity contribution in [3.05, 3.63) is 0 Å². The van der Waals surface area contributed by atoms with Crippen LogP contribution in [-0.4, -0.2) is 43.3 Å². The van der Waals surface area contributed by atoms with Gasteiger partial charge < -0.3 is 17.8 Å². The summed E-state index contributed by atoms with van der Waals surface area (Å²) in [4.78, 5) is 18.3. The molecule has 4 nitrogen and oxygen atoms in total. The number of rotatable bonds is 4. The van der Waals surface area contributed by atoms with E-state index < -0.39 is 33.8 Å². The Hall–Kier alpha value is 0.708. The van der Waals surface area contributed by atoms with Crippen LogP contribution < -0.4 is 0 Å². The van der Waals surface area contributed by atoms with Crippen LogP contribution in [-0.2, 0) is 8.23 Å². The largest absolute Gasteiger partial charge is 0.437 e. The van der Waals surface area contributed by atoms with Crippen molar-refractivity contribution in [1.29, 1.82) is 0 Å². The summed E-state index contributed by atoms with van der Waals surface area (Å²) in [6, 6.07) is 0. The lowest BCUT2D eigenvalue weighted by molar-refractivity contribution is 0.326. The molecule has 0 unspecified atom stereocenters. The minimum Gasteiger partial charge on any atom is -0.437 e. The molecule has 0 aromatic heterocycles. The van der Waals surface area contributed by atoms with Gasteiger partial charge in [-0.15, -0.1) is 0 Å². The molecule has 0 bridgehead atoms. The van der Waals surface area contributed by atoms with Gasteiger partial charge in [0.05, 0.1) is 0 Å². The Morgan fingerprint density at radius 3 is 0.955 bits per heavy atom. The first kappa shape index (κ1) is 34.1. The zero-order valence-electron chi connectivity index (χ0n) is 15.7. The minimum absolute atomic E-state index is 0. The molecule has 0 atom stereocenters. The molecule has 0 aromatic rings. The molecule has 0 aliphatic carbocycles. The molecule has 142 valence electrons.